The fraction of sp³-hybridized carbons (Fsp3) is 0.692. The number of aromatic nitrogens is 1. The van der Waals surface area contributed by atoms with Crippen LogP contribution in [0.2, 0.25) is 0 Å². The molecule has 1 aliphatic heterocycles. The van der Waals surface area contributed by atoms with E-state index in [9.17, 15) is 4.79 Å². The van der Waals surface area contributed by atoms with Gasteiger partial charge < -0.3 is 4.90 Å². The van der Waals surface area contributed by atoms with Crippen LogP contribution in [-0.2, 0) is 11.3 Å². The molecule has 2 fully saturated rings. The monoisotopic (exact) mass is 250 g/mol. The van der Waals surface area contributed by atoms with E-state index < -0.39 is 0 Å². The fourth-order valence-electron chi connectivity index (χ4n) is 2.91. The van der Waals surface area contributed by atoms with Gasteiger partial charge in [0.25, 0.3) is 0 Å². The molecule has 0 spiro atoms. The van der Waals surface area contributed by atoms with Gasteiger partial charge in [0, 0.05) is 18.3 Å². The van der Waals surface area contributed by atoms with Crippen LogP contribution in [0.4, 0.5) is 0 Å². The van der Waals surface area contributed by atoms with E-state index in [2.05, 4.69) is 17.3 Å². The molecule has 2 heterocycles. The molecule has 1 aromatic rings. The first-order chi connectivity index (χ1) is 8.07. The van der Waals surface area contributed by atoms with Crippen molar-refractivity contribution in [3.63, 3.8) is 0 Å². The van der Waals surface area contributed by atoms with Crippen LogP contribution in [0.15, 0.2) is 5.38 Å². The summed E-state index contributed by atoms with van der Waals surface area (Å²) in [5.74, 6) is 1.10. The summed E-state index contributed by atoms with van der Waals surface area (Å²) >= 11 is 1.66. The molecule has 2 aliphatic rings. The Morgan fingerprint density at radius 1 is 1.59 bits per heavy atom. The van der Waals surface area contributed by atoms with Crippen LogP contribution < -0.4 is 0 Å². The first kappa shape index (κ1) is 11.2. The molecule has 1 aromatic heterocycles. The molecule has 1 saturated heterocycles. The molecule has 0 bridgehead atoms. The Kier molecular flexibility index (Phi) is 2.51. The standard InChI is InChI=1S/C13H18N2OS/c1-9-14-11(7-17-9)6-15-8-13(2,5-12(15)16)10-3-4-10/h7,10H,3-6,8H2,1-2H3. The highest BCUT2D eigenvalue weighted by Gasteiger charge is 2.49. The topological polar surface area (TPSA) is 33.2 Å². The number of rotatable bonds is 3. The fourth-order valence-corrected chi connectivity index (χ4v) is 3.52. The first-order valence-corrected chi connectivity index (χ1v) is 7.13. The van der Waals surface area contributed by atoms with E-state index in [-0.39, 0.29) is 5.41 Å². The van der Waals surface area contributed by atoms with E-state index in [1.165, 1.54) is 12.8 Å². The third-order valence-corrected chi connectivity index (χ3v) is 4.86. The molecule has 3 nitrogen and oxygen atoms in total. The maximum Gasteiger partial charge on any atom is 0.223 e. The molecule has 3 rings (SSSR count). The lowest BCUT2D eigenvalue weighted by atomic mass is 9.84. The van der Waals surface area contributed by atoms with Crippen molar-refractivity contribution in [2.24, 2.45) is 11.3 Å². The van der Waals surface area contributed by atoms with Crippen LogP contribution in [0.1, 0.15) is 36.9 Å². The summed E-state index contributed by atoms with van der Waals surface area (Å²) in [5.41, 5.74) is 1.28. The van der Waals surface area contributed by atoms with Gasteiger partial charge in [0.1, 0.15) is 0 Å². The Morgan fingerprint density at radius 2 is 2.35 bits per heavy atom. The Morgan fingerprint density at radius 3 is 2.94 bits per heavy atom. The zero-order chi connectivity index (χ0) is 12.0. The van der Waals surface area contributed by atoms with Gasteiger partial charge in [-0.1, -0.05) is 6.92 Å². The van der Waals surface area contributed by atoms with Crippen LogP contribution in [0.5, 0.6) is 0 Å². The summed E-state index contributed by atoms with van der Waals surface area (Å²) in [7, 11) is 0. The van der Waals surface area contributed by atoms with Gasteiger partial charge in [0.15, 0.2) is 0 Å². The summed E-state index contributed by atoms with van der Waals surface area (Å²) in [6, 6.07) is 0. The SMILES string of the molecule is Cc1nc(CN2CC(C)(C3CC3)CC2=O)cs1. The number of hydrogen-bond donors (Lipinski definition) is 0. The quantitative estimate of drug-likeness (QED) is 0.826. The van der Waals surface area contributed by atoms with E-state index in [4.69, 9.17) is 0 Å². The van der Waals surface area contributed by atoms with Crippen molar-refractivity contribution in [3.05, 3.63) is 16.1 Å². The van der Waals surface area contributed by atoms with Crippen molar-refractivity contribution in [2.75, 3.05) is 6.54 Å². The highest BCUT2D eigenvalue weighted by molar-refractivity contribution is 7.09. The number of hydrogen-bond acceptors (Lipinski definition) is 3. The zero-order valence-corrected chi connectivity index (χ0v) is 11.2. The lowest BCUT2D eigenvalue weighted by molar-refractivity contribution is -0.128. The van der Waals surface area contributed by atoms with Crippen molar-refractivity contribution in [3.8, 4) is 0 Å². The van der Waals surface area contributed by atoms with Crippen molar-refractivity contribution in [1.29, 1.82) is 0 Å². The molecular weight excluding hydrogens is 232 g/mol. The molecule has 1 amide bonds. The van der Waals surface area contributed by atoms with Gasteiger partial charge in [-0.25, -0.2) is 4.98 Å². The number of thiazole rings is 1. The van der Waals surface area contributed by atoms with Crippen molar-refractivity contribution >= 4 is 17.2 Å². The van der Waals surface area contributed by atoms with Crippen molar-refractivity contribution in [1.82, 2.24) is 9.88 Å². The van der Waals surface area contributed by atoms with Gasteiger partial charge in [-0.05, 0) is 31.1 Å². The Bertz CT molecular complexity index is 452. The van der Waals surface area contributed by atoms with Crippen LogP contribution >= 0.6 is 11.3 Å². The number of likely N-dealkylation sites (tertiary alicyclic amines) is 1. The molecule has 0 radical (unpaired) electrons. The number of carbonyl (C=O) groups excluding carboxylic acids is 1. The van der Waals surface area contributed by atoms with E-state index >= 15 is 0 Å². The Labute approximate surface area is 106 Å². The summed E-state index contributed by atoms with van der Waals surface area (Å²) < 4.78 is 0. The van der Waals surface area contributed by atoms with Crippen molar-refractivity contribution in [2.45, 2.75) is 39.7 Å². The second kappa shape index (κ2) is 3.80. The van der Waals surface area contributed by atoms with Gasteiger partial charge in [-0.3, -0.25) is 4.79 Å². The smallest absolute Gasteiger partial charge is 0.223 e. The van der Waals surface area contributed by atoms with Gasteiger partial charge in [-0.15, -0.1) is 11.3 Å². The molecule has 0 aromatic carbocycles. The highest BCUT2D eigenvalue weighted by atomic mass is 32.1. The Balaban J connectivity index is 1.70. The van der Waals surface area contributed by atoms with Crippen LogP contribution in [0.25, 0.3) is 0 Å². The molecular formula is C13H18N2OS. The average Bonchev–Trinajstić information content (AvgIpc) is 2.98. The summed E-state index contributed by atoms with van der Waals surface area (Å²) in [5, 5.41) is 3.15. The second-order valence-electron chi connectivity index (χ2n) is 5.71. The van der Waals surface area contributed by atoms with Gasteiger partial charge in [0.05, 0.1) is 17.2 Å². The lowest BCUT2D eigenvalue weighted by Crippen LogP contribution is -2.27. The van der Waals surface area contributed by atoms with Gasteiger partial charge >= 0.3 is 0 Å². The van der Waals surface area contributed by atoms with E-state index in [0.717, 1.165) is 29.6 Å². The van der Waals surface area contributed by atoms with E-state index in [1.54, 1.807) is 11.3 Å². The van der Waals surface area contributed by atoms with E-state index in [1.807, 2.05) is 11.8 Å². The summed E-state index contributed by atoms with van der Waals surface area (Å²) in [6.45, 7) is 5.90. The molecule has 0 N–H and O–H groups in total. The number of aryl methyl sites for hydroxylation is 1. The molecule has 17 heavy (non-hydrogen) atoms. The predicted molar refractivity (Wildman–Crippen MR) is 67.7 cm³/mol. The highest BCUT2D eigenvalue weighted by Crippen LogP contribution is 2.50. The minimum Gasteiger partial charge on any atom is -0.336 e. The maximum absolute atomic E-state index is 12.0. The predicted octanol–water partition coefficient (Wildman–Crippen LogP) is 2.60. The third kappa shape index (κ3) is 2.10. The first-order valence-electron chi connectivity index (χ1n) is 6.26. The van der Waals surface area contributed by atoms with Gasteiger partial charge in [0.2, 0.25) is 5.91 Å². The normalized spacial score (nSPS) is 29.1. The molecule has 1 unspecified atom stereocenters. The molecule has 1 saturated carbocycles. The second-order valence-corrected chi connectivity index (χ2v) is 6.77. The van der Waals surface area contributed by atoms with Crippen LogP contribution in [0.3, 0.4) is 0 Å². The number of carbonyl (C=O) groups is 1. The third-order valence-electron chi connectivity index (χ3n) is 4.04. The molecule has 1 aliphatic carbocycles. The van der Waals surface area contributed by atoms with Crippen molar-refractivity contribution < 1.29 is 4.79 Å². The van der Waals surface area contributed by atoms with Crippen LogP contribution in [0, 0.1) is 18.3 Å². The largest absolute Gasteiger partial charge is 0.336 e. The zero-order valence-electron chi connectivity index (χ0n) is 10.4. The molecule has 1 atom stereocenters. The minimum atomic E-state index is 0.238. The summed E-state index contributed by atoms with van der Waals surface area (Å²) in [6.07, 6.45) is 3.36. The Hall–Kier alpha value is -0.900. The molecule has 4 heteroatoms. The average molecular weight is 250 g/mol. The lowest BCUT2D eigenvalue weighted by Gasteiger charge is -2.23. The molecule has 92 valence electrons. The van der Waals surface area contributed by atoms with Gasteiger partial charge in [-0.2, -0.15) is 0 Å². The summed E-state index contributed by atoms with van der Waals surface area (Å²) in [4.78, 5) is 18.5. The minimum absolute atomic E-state index is 0.238. The number of amides is 1. The number of nitrogens with zero attached hydrogens (tertiary/aromatic N) is 2. The van der Waals surface area contributed by atoms with Crippen LogP contribution in [-0.4, -0.2) is 22.3 Å². The maximum atomic E-state index is 12.0. The van der Waals surface area contributed by atoms with E-state index in [0.29, 0.717) is 12.5 Å².